The van der Waals surface area contributed by atoms with Gasteiger partial charge in [0, 0.05) is 43.8 Å². The van der Waals surface area contributed by atoms with Crippen molar-refractivity contribution in [1.82, 2.24) is 10.2 Å². The number of halogens is 1. The summed E-state index contributed by atoms with van der Waals surface area (Å²) >= 11 is 6.36. The Morgan fingerprint density at radius 2 is 1.78 bits per heavy atom. The van der Waals surface area contributed by atoms with Gasteiger partial charge in [-0.3, -0.25) is 4.90 Å². The minimum absolute atomic E-state index is 0.591. The molecule has 0 spiro atoms. The zero-order valence-corrected chi connectivity index (χ0v) is 14.8. The van der Waals surface area contributed by atoms with E-state index in [0.29, 0.717) is 24.0 Å². The van der Waals surface area contributed by atoms with Gasteiger partial charge in [0.15, 0.2) is 11.5 Å². The van der Waals surface area contributed by atoms with Gasteiger partial charge in [-0.15, -0.1) is 0 Å². The number of morpholine rings is 1. The van der Waals surface area contributed by atoms with Gasteiger partial charge < -0.3 is 19.5 Å². The highest BCUT2D eigenvalue weighted by Crippen LogP contribution is 2.33. The molecule has 5 nitrogen and oxygen atoms in total. The van der Waals surface area contributed by atoms with E-state index in [1.165, 1.54) is 0 Å². The molecule has 1 aromatic carbocycles. The van der Waals surface area contributed by atoms with Crippen LogP contribution < -0.4 is 14.8 Å². The molecule has 0 atom stereocenters. The molecule has 0 amide bonds. The summed E-state index contributed by atoms with van der Waals surface area (Å²) in [7, 11) is 0. The molecule has 0 bridgehead atoms. The van der Waals surface area contributed by atoms with Gasteiger partial charge in [0.05, 0.1) is 26.4 Å². The fourth-order valence-electron chi connectivity index (χ4n) is 2.53. The lowest BCUT2D eigenvalue weighted by Crippen LogP contribution is -2.40. The Morgan fingerprint density at radius 1 is 1.13 bits per heavy atom. The van der Waals surface area contributed by atoms with Crippen LogP contribution in [0.4, 0.5) is 0 Å². The highest BCUT2D eigenvalue weighted by molar-refractivity contribution is 6.31. The van der Waals surface area contributed by atoms with Crippen molar-refractivity contribution in [2.24, 2.45) is 0 Å². The number of hydrogen-bond donors (Lipinski definition) is 1. The van der Waals surface area contributed by atoms with E-state index in [0.717, 1.165) is 57.3 Å². The molecule has 1 heterocycles. The summed E-state index contributed by atoms with van der Waals surface area (Å²) in [6, 6.07) is 3.81. The summed E-state index contributed by atoms with van der Waals surface area (Å²) in [5.41, 5.74) is 1.03. The molecular formula is C17H27ClN2O3. The molecule has 1 fully saturated rings. The van der Waals surface area contributed by atoms with Crippen LogP contribution in [0.1, 0.15) is 19.4 Å². The van der Waals surface area contributed by atoms with Crippen LogP contribution in [0.25, 0.3) is 0 Å². The summed E-state index contributed by atoms with van der Waals surface area (Å²) in [6.45, 7) is 11.5. The molecule has 0 saturated carbocycles. The Labute approximate surface area is 143 Å². The summed E-state index contributed by atoms with van der Waals surface area (Å²) in [5, 5.41) is 4.15. The normalized spacial score (nSPS) is 15.6. The average Bonchev–Trinajstić information content (AvgIpc) is 2.56. The van der Waals surface area contributed by atoms with E-state index in [9.17, 15) is 0 Å². The molecule has 2 rings (SSSR count). The van der Waals surface area contributed by atoms with Crippen molar-refractivity contribution in [1.29, 1.82) is 0 Å². The van der Waals surface area contributed by atoms with Gasteiger partial charge in [-0.05, 0) is 25.5 Å². The van der Waals surface area contributed by atoms with Crippen LogP contribution in [0, 0.1) is 0 Å². The van der Waals surface area contributed by atoms with Crippen molar-refractivity contribution in [2.45, 2.75) is 20.4 Å². The third-order valence-corrected chi connectivity index (χ3v) is 4.09. The Hall–Kier alpha value is -1.01. The number of benzene rings is 1. The monoisotopic (exact) mass is 342 g/mol. The largest absolute Gasteiger partial charge is 0.490 e. The van der Waals surface area contributed by atoms with Crippen LogP contribution in [0.3, 0.4) is 0 Å². The zero-order valence-electron chi connectivity index (χ0n) is 14.1. The van der Waals surface area contributed by atoms with E-state index in [-0.39, 0.29) is 0 Å². The Bertz CT molecular complexity index is 479. The Morgan fingerprint density at radius 3 is 2.43 bits per heavy atom. The maximum atomic E-state index is 6.36. The first-order valence-corrected chi connectivity index (χ1v) is 8.71. The zero-order chi connectivity index (χ0) is 16.5. The minimum Gasteiger partial charge on any atom is -0.490 e. The SMILES string of the molecule is CCOc1cc(Cl)c(CNCCN2CCOCC2)cc1OCC. The van der Waals surface area contributed by atoms with Crippen LogP contribution in [0.15, 0.2) is 12.1 Å². The van der Waals surface area contributed by atoms with Crippen molar-refractivity contribution in [2.75, 3.05) is 52.6 Å². The second-order valence-corrected chi connectivity index (χ2v) is 5.79. The Kier molecular flexibility index (Phi) is 7.95. The summed E-state index contributed by atoms with van der Waals surface area (Å²) in [5.74, 6) is 1.46. The fraction of sp³-hybridized carbons (Fsp3) is 0.647. The summed E-state index contributed by atoms with van der Waals surface area (Å²) in [4.78, 5) is 2.40. The van der Waals surface area contributed by atoms with Crippen LogP contribution in [0.5, 0.6) is 11.5 Å². The molecule has 6 heteroatoms. The average molecular weight is 343 g/mol. The second-order valence-electron chi connectivity index (χ2n) is 5.39. The van der Waals surface area contributed by atoms with Gasteiger partial charge in [0.25, 0.3) is 0 Å². The maximum absolute atomic E-state index is 6.36. The van der Waals surface area contributed by atoms with E-state index in [1.807, 2.05) is 26.0 Å². The first-order valence-electron chi connectivity index (χ1n) is 8.33. The molecular weight excluding hydrogens is 316 g/mol. The molecule has 130 valence electrons. The van der Waals surface area contributed by atoms with E-state index in [1.54, 1.807) is 0 Å². The maximum Gasteiger partial charge on any atom is 0.162 e. The molecule has 1 aliphatic heterocycles. The highest BCUT2D eigenvalue weighted by Gasteiger charge is 2.12. The first-order chi connectivity index (χ1) is 11.2. The first kappa shape index (κ1) is 18.3. The number of rotatable bonds is 9. The molecule has 1 saturated heterocycles. The van der Waals surface area contributed by atoms with Crippen molar-refractivity contribution >= 4 is 11.6 Å². The third kappa shape index (κ3) is 5.84. The molecule has 1 aromatic rings. The smallest absolute Gasteiger partial charge is 0.162 e. The number of hydrogen-bond acceptors (Lipinski definition) is 5. The number of nitrogens with one attached hydrogen (secondary N) is 1. The van der Waals surface area contributed by atoms with Crippen LogP contribution in [-0.2, 0) is 11.3 Å². The number of ether oxygens (including phenoxy) is 3. The molecule has 0 aliphatic carbocycles. The van der Waals surface area contributed by atoms with E-state index in [4.69, 9.17) is 25.8 Å². The van der Waals surface area contributed by atoms with Gasteiger partial charge >= 0.3 is 0 Å². The number of nitrogens with zero attached hydrogens (tertiary/aromatic N) is 1. The van der Waals surface area contributed by atoms with Crippen molar-refractivity contribution in [3.05, 3.63) is 22.7 Å². The minimum atomic E-state index is 0.591. The predicted molar refractivity (Wildman–Crippen MR) is 92.8 cm³/mol. The van der Waals surface area contributed by atoms with Crippen molar-refractivity contribution in [3.8, 4) is 11.5 Å². The topological polar surface area (TPSA) is 43.0 Å². The van der Waals surface area contributed by atoms with Gasteiger partial charge in [0.2, 0.25) is 0 Å². The van der Waals surface area contributed by atoms with E-state index >= 15 is 0 Å². The van der Waals surface area contributed by atoms with Gasteiger partial charge in [0.1, 0.15) is 0 Å². The summed E-state index contributed by atoms with van der Waals surface area (Å²) < 4.78 is 16.6. The molecule has 23 heavy (non-hydrogen) atoms. The quantitative estimate of drug-likeness (QED) is 0.699. The fourth-order valence-corrected chi connectivity index (χ4v) is 2.75. The van der Waals surface area contributed by atoms with Crippen molar-refractivity contribution < 1.29 is 14.2 Å². The van der Waals surface area contributed by atoms with E-state index < -0.39 is 0 Å². The van der Waals surface area contributed by atoms with Gasteiger partial charge in [-0.25, -0.2) is 0 Å². The lowest BCUT2D eigenvalue weighted by Gasteiger charge is -2.26. The predicted octanol–water partition coefficient (Wildman–Crippen LogP) is 2.56. The summed E-state index contributed by atoms with van der Waals surface area (Å²) in [6.07, 6.45) is 0. The van der Waals surface area contributed by atoms with Crippen LogP contribution >= 0.6 is 11.6 Å². The van der Waals surface area contributed by atoms with E-state index in [2.05, 4.69) is 10.2 Å². The molecule has 0 unspecified atom stereocenters. The van der Waals surface area contributed by atoms with Crippen LogP contribution in [-0.4, -0.2) is 57.5 Å². The second kappa shape index (κ2) is 9.98. The van der Waals surface area contributed by atoms with Crippen molar-refractivity contribution in [3.63, 3.8) is 0 Å². The lowest BCUT2D eigenvalue weighted by atomic mass is 10.2. The molecule has 0 aromatic heterocycles. The third-order valence-electron chi connectivity index (χ3n) is 3.74. The Balaban J connectivity index is 1.86. The standard InChI is InChI=1S/C17H27ClN2O3/c1-3-22-16-11-14(15(18)12-17(16)23-4-2)13-19-5-6-20-7-9-21-10-8-20/h11-12,19H,3-10,13H2,1-2H3. The van der Waals surface area contributed by atoms with Crippen LogP contribution in [0.2, 0.25) is 5.02 Å². The highest BCUT2D eigenvalue weighted by atomic mass is 35.5. The molecule has 1 aliphatic rings. The van der Waals surface area contributed by atoms with Gasteiger partial charge in [-0.1, -0.05) is 11.6 Å². The molecule has 1 N–H and O–H groups in total. The van der Waals surface area contributed by atoms with Gasteiger partial charge in [-0.2, -0.15) is 0 Å². The molecule has 0 radical (unpaired) electrons. The lowest BCUT2D eigenvalue weighted by molar-refractivity contribution is 0.0384.